The highest BCUT2D eigenvalue weighted by molar-refractivity contribution is 6.03. The number of H-pyrrole nitrogens is 2. The lowest BCUT2D eigenvalue weighted by Gasteiger charge is -2.04. The summed E-state index contributed by atoms with van der Waals surface area (Å²) in [7, 11) is 0. The van der Waals surface area contributed by atoms with Crippen LogP contribution in [0, 0.1) is 5.82 Å². The number of aromatic nitrogens is 2. The Kier molecular flexibility index (Phi) is 3.05. The average molecular weight is 249 g/mol. The molecule has 2 rings (SSSR count). The number of anilines is 1. The molecule has 1 aromatic carbocycles. The first-order valence-electron chi connectivity index (χ1n) is 4.96. The first kappa shape index (κ1) is 11.8. The molecule has 1 heterocycles. The molecule has 0 unspecified atom stereocenters. The highest BCUT2D eigenvalue weighted by Gasteiger charge is 2.11. The Morgan fingerprint density at radius 3 is 2.56 bits per heavy atom. The van der Waals surface area contributed by atoms with Gasteiger partial charge >= 0.3 is 5.69 Å². The van der Waals surface area contributed by atoms with E-state index in [2.05, 4.69) is 10.3 Å². The van der Waals surface area contributed by atoms with Gasteiger partial charge in [0.25, 0.3) is 11.5 Å². The Balaban J connectivity index is 2.30. The molecule has 6 nitrogen and oxygen atoms in total. The normalized spacial score (nSPS) is 10.1. The third-order valence-electron chi connectivity index (χ3n) is 2.13. The molecule has 0 spiro atoms. The Morgan fingerprint density at radius 2 is 1.89 bits per heavy atom. The number of halogens is 1. The zero-order valence-electron chi connectivity index (χ0n) is 8.99. The summed E-state index contributed by atoms with van der Waals surface area (Å²) in [5.74, 6) is -1.55. The first-order valence-corrected chi connectivity index (χ1v) is 4.96. The van der Waals surface area contributed by atoms with Crippen LogP contribution < -0.4 is 16.6 Å². The fourth-order valence-corrected chi connectivity index (χ4v) is 1.37. The summed E-state index contributed by atoms with van der Waals surface area (Å²) in [5.41, 5.74) is -1.60. The van der Waals surface area contributed by atoms with Crippen molar-refractivity contribution >= 4 is 11.7 Å². The number of rotatable bonds is 2. The van der Waals surface area contributed by atoms with Gasteiger partial charge in [0.15, 0.2) is 0 Å². The van der Waals surface area contributed by atoms with E-state index in [-0.39, 0.29) is 11.4 Å². The van der Waals surface area contributed by atoms with E-state index in [0.717, 1.165) is 12.1 Å². The number of carbonyl (C=O) groups excluding carboxylic acids is 1. The van der Waals surface area contributed by atoms with E-state index >= 15 is 0 Å². The second-order valence-electron chi connectivity index (χ2n) is 3.44. The lowest BCUT2D eigenvalue weighted by molar-refractivity contribution is 0.102. The van der Waals surface area contributed by atoms with Gasteiger partial charge in [-0.15, -0.1) is 0 Å². The fourth-order valence-electron chi connectivity index (χ4n) is 1.37. The molecule has 0 fully saturated rings. The maximum absolute atomic E-state index is 13.3. The molecule has 1 aromatic heterocycles. The summed E-state index contributed by atoms with van der Waals surface area (Å²) in [5, 5.41) is 2.23. The molecule has 18 heavy (non-hydrogen) atoms. The van der Waals surface area contributed by atoms with Crippen LogP contribution in [0.1, 0.15) is 10.4 Å². The number of aromatic amines is 2. The lowest BCUT2D eigenvalue weighted by Crippen LogP contribution is -2.25. The minimum absolute atomic E-state index is 0.1000. The number of nitrogens with one attached hydrogen (secondary N) is 3. The molecule has 0 saturated heterocycles. The minimum atomic E-state index is -0.758. The zero-order chi connectivity index (χ0) is 13.1. The second-order valence-corrected chi connectivity index (χ2v) is 3.44. The molecule has 2 aromatic rings. The highest BCUT2D eigenvalue weighted by Crippen LogP contribution is 2.08. The van der Waals surface area contributed by atoms with Crippen molar-refractivity contribution in [3.63, 3.8) is 0 Å². The van der Waals surface area contributed by atoms with Crippen molar-refractivity contribution in [2.24, 2.45) is 0 Å². The van der Waals surface area contributed by atoms with Gasteiger partial charge in [0.2, 0.25) is 0 Å². The Morgan fingerprint density at radius 1 is 1.17 bits per heavy atom. The van der Waals surface area contributed by atoms with Crippen LogP contribution in [0.4, 0.5) is 10.2 Å². The second kappa shape index (κ2) is 4.66. The molecule has 0 aliphatic heterocycles. The molecule has 0 aliphatic carbocycles. The van der Waals surface area contributed by atoms with Gasteiger partial charge in [-0.1, -0.05) is 12.1 Å². The zero-order valence-corrected chi connectivity index (χ0v) is 8.99. The van der Waals surface area contributed by atoms with Crippen LogP contribution in [0.3, 0.4) is 0 Å². The van der Waals surface area contributed by atoms with E-state index in [1.807, 2.05) is 4.98 Å². The first-order chi connectivity index (χ1) is 8.56. The van der Waals surface area contributed by atoms with Crippen LogP contribution in [0.5, 0.6) is 0 Å². The van der Waals surface area contributed by atoms with Crippen molar-refractivity contribution in [1.29, 1.82) is 0 Å². The highest BCUT2D eigenvalue weighted by atomic mass is 19.1. The summed E-state index contributed by atoms with van der Waals surface area (Å²) in [6.45, 7) is 0. The molecule has 0 radical (unpaired) electrons. The van der Waals surface area contributed by atoms with Crippen LogP contribution in [0.2, 0.25) is 0 Å². The van der Waals surface area contributed by atoms with E-state index < -0.39 is 23.0 Å². The minimum Gasteiger partial charge on any atom is -0.308 e. The molecule has 7 heteroatoms. The van der Waals surface area contributed by atoms with Gasteiger partial charge in [0.1, 0.15) is 11.6 Å². The number of carbonyl (C=O) groups is 1. The van der Waals surface area contributed by atoms with Gasteiger partial charge in [-0.05, 0) is 12.1 Å². The predicted molar refractivity (Wildman–Crippen MR) is 62.0 cm³/mol. The van der Waals surface area contributed by atoms with Gasteiger partial charge < -0.3 is 5.32 Å². The summed E-state index contributed by atoms with van der Waals surface area (Å²) in [4.78, 5) is 37.8. The summed E-state index contributed by atoms with van der Waals surface area (Å²) < 4.78 is 13.3. The third kappa shape index (κ3) is 2.51. The van der Waals surface area contributed by atoms with E-state index in [1.165, 1.54) is 18.2 Å². The van der Waals surface area contributed by atoms with Gasteiger partial charge in [-0.25, -0.2) is 9.18 Å². The van der Waals surface area contributed by atoms with Crippen molar-refractivity contribution in [1.82, 2.24) is 9.97 Å². The predicted octanol–water partition coefficient (Wildman–Crippen LogP) is 0.455. The van der Waals surface area contributed by atoms with Crippen molar-refractivity contribution < 1.29 is 9.18 Å². The van der Waals surface area contributed by atoms with Crippen LogP contribution in [-0.4, -0.2) is 15.9 Å². The molecule has 1 amide bonds. The molecular weight excluding hydrogens is 241 g/mol. The van der Waals surface area contributed by atoms with Gasteiger partial charge in [-0.2, -0.15) is 0 Å². The number of hydrogen-bond donors (Lipinski definition) is 3. The van der Waals surface area contributed by atoms with Gasteiger partial charge in [0.05, 0.1) is 5.56 Å². The molecule has 0 atom stereocenters. The molecular formula is C11H8FN3O3. The fraction of sp³-hybridized carbons (Fsp3) is 0. The number of benzene rings is 1. The Labute approximate surface area is 99.5 Å². The van der Waals surface area contributed by atoms with Crippen molar-refractivity contribution in [2.75, 3.05) is 5.32 Å². The topological polar surface area (TPSA) is 94.8 Å². The maximum Gasteiger partial charge on any atom is 0.327 e. The quantitative estimate of drug-likeness (QED) is 0.721. The summed E-state index contributed by atoms with van der Waals surface area (Å²) in [6.07, 6.45) is 0. The summed E-state index contributed by atoms with van der Waals surface area (Å²) in [6, 6.07) is 6.35. The molecule has 92 valence electrons. The maximum atomic E-state index is 13.3. The van der Waals surface area contributed by atoms with Crippen LogP contribution in [0.15, 0.2) is 39.9 Å². The smallest absolute Gasteiger partial charge is 0.308 e. The van der Waals surface area contributed by atoms with E-state index in [4.69, 9.17) is 0 Å². The largest absolute Gasteiger partial charge is 0.327 e. The SMILES string of the molecule is O=C(Nc1cc(=O)[nH]c(=O)[nH]1)c1ccccc1F. The van der Waals surface area contributed by atoms with Crippen molar-refractivity contribution in [3.8, 4) is 0 Å². The van der Waals surface area contributed by atoms with E-state index in [9.17, 15) is 18.8 Å². The Bertz CT molecular complexity index is 677. The van der Waals surface area contributed by atoms with E-state index in [1.54, 1.807) is 0 Å². The van der Waals surface area contributed by atoms with Gasteiger partial charge in [0, 0.05) is 6.07 Å². The molecule has 0 saturated carbocycles. The van der Waals surface area contributed by atoms with Gasteiger partial charge in [-0.3, -0.25) is 19.6 Å². The van der Waals surface area contributed by atoms with Crippen LogP contribution >= 0.6 is 0 Å². The molecule has 3 N–H and O–H groups in total. The van der Waals surface area contributed by atoms with Crippen LogP contribution in [-0.2, 0) is 0 Å². The van der Waals surface area contributed by atoms with Crippen molar-refractivity contribution in [3.05, 3.63) is 62.6 Å². The molecule has 0 aliphatic rings. The lowest BCUT2D eigenvalue weighted by atomic mass is 10.2. The van der Waals surface area contributed by atoms with Crippen molar-refractivity contribution in [2.45, 2.75) is 0 Å². The average Bonchev–Trinajstić information content (AvgIpc) is 2.27. The summed E-state index contributed by atoms with van der Waals surface area (Å²) >= 11 is 0. The molecule has 0 bridgehead atoms. The van der Waals surface area contributed by atoms with E-state index in [0.29, 0.717) is 0 Å². The van der Waals surface area contributed by atoms with Crippen LogP contribution in [0.25, 0.3) is 0 Å². The number of hydrogen-bond acceptors (Lipinski definition) is 3. The monoisotopic (exact) mass is 249 g/mol. The Hall–Kier alpha value is -2.70. The standard InChI is InChI=1S/C11H8FN3O3/c12-7-4-2-1-3-6(7)10(17)13-8-5-9(16)15-11(18)14-8/h1-5H,(H3,13,14,15,16,17,18). The third-order valence-corrected chi connectivity index (χ3v) is 2.13. The number of amides is 1.